The molecule has 1 N–H and O–H groups in total. The summed E-state index contributed by atoms with van der Waals surface area (Å²) in [6.45, 7) is 1.39. The van der Waals surface area contributed by atoms with Crippen LogP contribution in [-0.4, -0.2) is 78.5 Å². The molecule has 0 bridgehead atoms. The zero-order valence-corrected chi connectivity index (χ0v) is 15.7. The third kappa shape index (κ3) is 3.17. The van der Waals surface area contributed by atoms with Crippen LogP contribution in [0, 0.1) is 0 Å². The predicted octanol–water partition coefficient (Wildman–Crippen LogP) is 0.749. The van der Waals surface area contributed by atoms with E-state index in [4.69, 9.17) is 16.3 Å². The van der Waals surface area contributed by atoms with E-state index in [0.29, 0.717) is 36.5 Å². The first kappa shape index (κ1) is 18.3. The van der Waals surface area contributed by atoms with Crippen LogP contribution in [0.2, 0.25) is 5.02 Å². The average molecular weight is 379 g/mol. The zero-order chi connectivity index (χ0) is 18.8. The lowest BCUT2D eigenvalue weighted by Gasteiger charge is -2.31. The molecule has 3 amide bonds. The molecule has 1 unspecified atom stereocenters. The summed E-state index contributed by atoms with van der Waals surface area (Å²) in [5.41, 5.74) is 0.867. The van der Waals surface area contributed by atoms with Gasteiger partial charge in [0.25, 0.3) is 5.91 Å². The number of fused-ring (bicyclic) bond motifs is 1. The fourth-order valence-electron chi connectivity index (χ4n) is 2.98. The molecule has 0 saturated carbocycles. The molecule has 26 heavy (non-hydrogen) atoms. The topological polar surface area (TPSA) is 77.2 Å². The number of carbonyl (C=O) groups is 2. The van der Waals surface area contributed by atoms with Crippen LogP contribution in [0.15, 0.2) is 29.3 Å². The van der Waals surface area contributed by atoms with Crippen molar-refractivity contribution < 1.29 is 18.9 Å². The monoisotopic (exact) mass is 378 g/mol. The number of hydrogen-bond acceptors (Lipinski definition) is 5. The number of nitrogens with one attached hydrogen (secondary N) is 1. The van der Waals surface area contributed by atoms with Crippen LogP contribution in [0.5, 0.6) is 0 Å². The lowest BCUT2D eigenvalue weighted by Crippen LogP contribution is -2.61. The SMILES string of the molecule is COCCNC1=[N+](Cc2ccccc2Cl)C2C(=O)N(C)C(=O)N(C)C2=N1. The number of imide groups is 1. The number of halogens is 1. The Kier molecular flexibility index (Phi) is 5.24. The van der Waals surface area contributed by atoms with E-state index >= 15 is 0 Å². The Morgan fingerprint density at radius 3 is 2.69 bits per heavy atom. The van der Waals surface area contributed by atoms with Gasteiger partial charge in [0.1, 0.15) is 0 Å². The van der Waals surface area contributed by atoms with Gasteiger partial charge < -0.3 is 4.74 Å². The second-order valence-corrected chi connectivity index (χ2v) is 6.48. The summed E-state index contributed by atoms with van der Waals surface area (Å²) in [6.07, 6.45) is 0. The zero-order valence-electron chi connectivity index (χ0n) is 14.9. The summed E-state index contributed by atoms with van der Waals surface area (Å²) >= 11 is 6.30. The quantitative estimate of drug-likeness (QED) is 0.606. The summed E-state index contributed by atoms with van der Waals surface area (Å²) in [7, 11) is 4.70. The van der Waals surface area contributed by atoms with Gasteiger partial charge in [0.15, 0.2) is 0 Å². The van der Waals surface area contributed by atoms with Crippen molar-refractivity contribution in [2.75, 3.05) is 34.4 Å². The number of amidine groups is 1. The molecule has 2 aliphatic heterocycles. The normalized spacial score (nSPS) is 19.8. The van der Waals surface area contributed by atoms with Crippen molar-refractivity contribution in [3.63, 3.8) is 0 Å². The summed E-state index contributed by atoms with van der Waals surface area (Å²) in [4.78, 5) is 32.0. The fourth-order valence-corrected chi connectivity index (χ4v) is 3.18. The Labute approximate surface area is 156 Å². The third-order valence-corrected chi connectivity index (χ3v) is 4.79. The number of benzene rings is 1. The molecular formula is C17H21ClN5O3+. The molecule has 3 rings (SSSR count). The van der Waals surface area contributed by atoms with E-state index in [1.807, 2.05) is 22.8 Å². The predicted molar refractivity (Wildman–Crippen MR) is 97.5 cm³/mol. The van der Waals surface area contributed by atoms with Gasteiger partial charge in [-0.05, 0) is 6.07 Å². The van der Waals surface area contributed by atoms with Gasteiger partial charge in [-0.2, -0.15) is 0 Å². The standard InChI is InChI=1S/C17H20ClN5O3/c1-21-14-13(15(24)22(2)17(21)25)23(16(20-14)19-8-9-26-3)10-11-6-4-5-7-12(11)18/h4-7,13H,8-10H2,1-3H3/p+1. The van der Waals surface area contributed by atoms with Crippen LogP contribution in [0.4, 0.5) is 4.79 Å². The van der Waals surface area contributed by atoms with E-state index < -0.39 is 12.1 Å². The van der Waals surface area contributed by atoms with Crippen molar-refractivity contribution in [3.05, 3.63) is 34.9 Å². The van der Waals surface area contributed by atoms with Crippen LogP contribution in [0.25, 0.3) is 0 Å². The van der Waals surface area contributed by atoms with Gasteiger partial charge in [0.05, 0.1) is 19.7 Å². The number of aliphatic imine (C=N–C) groups is 1. The molecule has 1 saturated heterocycles. The highest BCUT2D eigenvalue weighted by Gasteiger charge is 2.51. The van der Waals surface area contributed by atoms with E-state index in [1.54, 1.807) is 20.2 Å². The van der Waals surface area contributed by atoms with Gasteiger partial charge in [-0.3, -0.25) is 19.9 Å². The molecule has 0 aliphatic carbocycles. The molecule has 2 aliphatic rings. The van der Waals surface area contributed by atoms with E-state index in [2.05, 4.69) is 10.3 Å². The van der Waals surface area contributed by atoms with E-state index in [0.717, 1.165) is 10.5 Å². The molecule has 1 fully saturated rings. The van der Waals surface area contributed by atoms with Crippen molar-refractivity contribution in [3.8, 4) is 0 Å². The summed E-state index contributed by atoms with van der Waals surface area (Å²) in [5.74, 6) is 0.609. The minimum absolute atomic E-state index is 0.317. The number of ether oxygens (including phenoxy) is 1. The highest BCUT2D eigenvalue weighted by molar-refractivity contribution is 6.31. The van der Waals surface area contributed by atoms with Crippen molar-refractivity contribution in [1.82, 2.24) is 15.1 Å². The van der Waals surface area contributed by atoms with E-state index in [9.17, 15) is 9.59 Å². The summed E-state index contributed by atoms with van der Waals surface area (Å²) in [5, 5.41) is 3.79. The van der Waals surface area contributed by atoms with Gasteiger partial charge in [0.2, 0.25) is 11.9 Å². The smallest absolute Gasteiger partial charge is 0.381 e. The van der Waals surface area contributed by atoms with Crippen molar-refractivity contribution in [2.45, 2.75) is 12.6 Å². The maximum atomic E-state index is 12.8. The Bertz CT molecular complexity index is 807. The molecule has 0 spiro atoms. The first-order valence-corrected chi connectivity index (χ1v) is 8.57. The summed E-state index contributed by atoms with van der Waals surface area (Å²) in [6, 6.07) is 6.37. The van der Waals surface area contributed by atoms with Crippen LogP contribution < -0.4 is 5.32 Å². The number of rotatable bonds is 5. The summed E-state index contributed by atoms with van der Waals surface area (Å²) < 4.78 is 6.89. The largest absolute Gasteiger partial charge is 0.390 e. The van der Waals surface area contributed by atoms with Gasteiger partial charge in [0, 0.05) is 31.8 Å². The number of hydrogen-bond donors (Lipinski definition) is 1. The highest BCUT2D eigenvalue weighted by Crippen LogP contribution is 2.22. The second kappa shape index (κ2) is 7.43. The Balaban J connectivity index is 1.98. The Morgan fingerprint density at radius 1 is 1.27 bits per heavy atom. The molecule has 0 aromatic heterocycles. The number of nitrogens with zero attached hydrogens (tertiary/aromatic N) is 4. The van der Waals surface area contributed by atoms with Crippen molar-refractivity contribution >= 4 is 35.3 Å². The van der Waals surface area contributed by atoms with Crippen LogP contribution >= 0.6 is 11.6 Å². The first-order chi connectivity index (χ1) is 12.5. The highest BCUT2D eigenvalue weighted by atomic mass is 35.5. The lowest BCUT2D eigenvalue weighted by molar-refractivity contribution is -0.553. The maximum Gasteiger partial charge on any atom is 0.390 e. The third-order valence-electron chi connectivity index (χ3n) is 4.42. The van der Waals surface area contributed by atoms with Crippen LogP contribution in [0.3, 0.4) is 0 Å². The number of amides is 3. The molecular weight excluding hydrogens is 358 g/mol. The molecule has 8 nitrogen and oxygen atoms in total. The van der Waals surface area contributed by atoms with Gasteiger partial charge in [-0.15, -0.1) is 0 Å². The minimum atomic E-state index is -0.677. The molecule has 9 heteroatoms. The number of carbonyl (C=O) groups excluding carboxylic acids is 2. The van der Waals surface area contributed by atoms with Gasteiger partial charge >= 0.3 is 12.0 Å². The van der Waals surface area contributed by atoms with E-state index in [1.165, 1.54) is 11.9 Å². The molecule has 0 radical (unpaired) electrons. The lowest BCUT2D eigenvalue weighted by atomic mass is 10.1. The molecule has 2 heterocycles. The molecule has 1 aromatic rings. The molecule has 1 aromatic carbocycles. The minimum Gasteiger partial charge on any atom is -0.381 e. The second-order valence-electron chi connectivity index (χ2n) is 6.07. The van der Waals surface area contributed by atoms with Crippen molar-refractivity contribution in [2.24, 2.45) is 4.99 Å². The molecule has 138 valence electrons. The van der Waals surface area contributed by atoms with Crippen LogP contribution in [0.1, 0.15) is 5.56 Å². The van der Waals surface area contributed by atoms with E-state index in [-0.39, 0.29) is 5.91 Å². The van der Waals surface area contributed by atoms with Gasteiger partial charge in [-0.25, -0.2) is 9.37 Å². The van der Waals surface area contributed by atoms with Crippen molar-refractivity contribution in [1.29, 1.82) is 0 Å². The van der Waals surface area contributed by atoms with Crippen LogP contribution in [-0.2, 0) is 16.1 Å². The number of guanidine groups is 1. The number of urea groups is 1. The number of methoxy groups -OCH3 is 1. The first-order valence-electron chi connectivity index (χ1n) is 8.19. The number of likely N-dealkylation sites (N-methyl/N-ethyl adjacent to an activating group) is 2. The van der Waals surface area contributed by atoms with Gasteiger partial charge in [-0.1, -0.05) is 34.8 Å². The Morgan fingerprint density at radius 2 is 2.00 bits per heavy atom. The average Bonchev–Trinajstić information content (AvgIpc) is 2.99. The Hall–Kier alpha value is -2.45. The maximum absolute atomic E-state index is 12.8. The fraction of sp³-hybridized carbons (Fsp3) is 0.412. The molecule has 1 atom stereocenters.